The van der Waals surface area contributed by atoms with Gasteiger partial charge in [0.15, 0.2) is 11.5 Å². The molecule has 0 unspecified atom stereocenters. The molecule has 1 N–H and O–H groups in total. The van der Waals surface area contributed by atoms with Crippen LogP contribution in [0.3, 0.4) is 0 Å². The van der Waals surface area contributed by atoms with Crippen LogP contribution in [0.15, 0.2) is 48.5 Å². The number of alkyl carbamates (subject to hydrolysis) is 1. The number of rotatable bonds is 8. The summed E-state index contributed by atoms with van der Waals surface area (Å²) >= 11 is 0. The Morgan fingerprint density at radius 3 is 2.30 bits per heavy atom. The average molecular weight is 415 g/mol. The van der Waals surface area contributed by atoms with Crippen molar-refractivity contribution >= 4 is 12.1 Å². The maximum atomic E-state index is 12.3. The summed E-state index contributed by atoms with van der Waals surface area (Å²) in [6.07, 6.45) is -0.555. The molecule has 0 radical (unpaired) electrons. The number of hydrogen-bond acceptors (Lipinski definition) is 6. The van der Waals surface area contributed by atoms with Gasteiger partial charge in [-0.25, -0.2) is 9.59 Å². The Balaban J connectivity index is 2.23. The van der Waals surface area contributed by atoms with Gasteiger partial charge in [-0.1, -0.05) is 42.5 Å². The van der Waals surface area contributed by atoms with Crippen molar-refractivity contribution in [1.82, 2.24) is 5.32 Å². The van der Waals surface area contributed by atoms with Crippen LogP contribution in [-0.4, -0.2) is 37.9 Å². The second-order valence-corrected chi connectivity index (χ2v) is 7.65. The highest BCUT2D eigenvalue weighted by molar-refractivity contribution is 5.81. The molecule has 0 aliphatic heterocycles. The number of methoxy groups -OCH3 is 2. The highest BCUT2D eigenvalue weighted by Gasteiger charge is 2.27. The van der Waals surface area contributed by atoms with E-state index >= 15 is 0 Å². The highest BCUT2D eigenvalue weighted by atomic mass is 16.6. The molecular formula is C23H29NO6. The van der Waals surface area contributed by atoms with E-state index in [4.69, 9.17) is 18.9 Å². The van der Waals surface area contributed by atoms with E-state index in [1.807, 2.05) is 36.4 Å². The summed E-state index contributed by atoms with van der Waals surface area (Å²) in [6, 6.07) is 14.1. The van der Waals surface area contributed by atoms with Crippen molar-refractivity contribution in [2.75, 3.05) is 14.2 Å². The largest absolute Gasteiger partial charge is 0.493 e. The maximum Gasteiger partial charge on any atom is 0.408 e. The molecule has 7 heteroatoms. The Morgan fingerprint density at radius 2 is 1.70 bits per heavy atom. The van der Waals surface area contributed by atoms with Crippen molar-refractivity contribution in [2.24, 2.45) is 0 Å². The van der Waals surface area contributed by atoms with Gasteiger partial charge in [-0.3, -0.25) is 0 Å². The van der Waals surface area contributed by atoms with E-state index < -0.39 is 23.7 Å². The Labute approximate surface area is 177 Å². The van der Waals surface area contributed by atoms with Gasteiger partial charge < -0.3 is 24.3 Å². The second-order valence-electron chi connectivity index (χ2n) is 7.65. The highest BCUT2D eigenvalue weighted by Crippen LogP contribution is 2.33. The first kappa shape index (κ1) is 23.1. The van der Waals surface area contributed by atoms with E-state index in [2.05, 4.69) is 5.32 Å². The van der Waals surface area contributed by atoms with Crippen molar-refractivity contribution in [1.29, 1.82) is 0 Å². The van der Waals surface area contributed by atoms with E-state index in [0.29, 0.717) is 23.7 Å². The number of amides is 1. The van der Waals surface area contributed by atoms with Crippen LogP contribution < -0.4 is 14.8 Å². The molecule has 2 rings (SSSR count). The third-order valence-corrected chi connectivity index (χ3v) is 4.11. The molecule has 7 nitrogen and oxygen atoms in total. The van der Waals surface area contributed by atoms with Crippen molar-refractivity contribution < 1.29 is 28.5 Å². The Bertz CT molecular complexity index is 845. The van der Waals surface area contributed by atoms with Crippen LogP contribution >= 0.6 is 0 Å². The first-order valence-electron chi connectivity index (χ1n) is 9.63. The summed E-state index contributed by atoms with van der Waals surface area (Å²) in [5.74, 6) is 0.450. The number of para-hydroxylation sites is 1. The number of carbonyl (C=O) groups is 2. The predicted octanol–water partition coefficient (Wildman–Crippen LogP) is 3.88. The fourth-order valence-electron chi connectivity index (χ4n) is 2.78. The van der Waals surface area contributed by atoms with Crippen LogP contribution in [0.2, 0.25) is 0 Å². The molecule has 1 atom stereocenters. The molecule has 0 aliphatic rings. The molecule has 0 bridgehead atoms. The first-order chi connectivity index (χ1) is 14.2. The molecule has 1 amide bonds. The lowest BCUT2D eigenvalue weighted by atomic mass is 10.0. The minimum absolute atomic E-state index is 0.146. The Kier molecular flexibility index (Phi) is 8.09. The molecule has 0 spiro atoms. The van der Waals surface area contributed by atoms with Crippen molar-refractivity contribution in [3.8, 4) is 11.5 Å². The van der Waals surface area contributed by atoms with E-state index in [-0.39, 0.29) is 6.42 Å². The molecule has 0 aliphatic carbocycles. The van der Waals surface area contributed by atoms with Gasteiger partial charge in [-0.2, -0.15) is 0 Å². The SMILES string of the molecule is COC(=O)[C@H](Cc1cccc(OC)c1OCc1ccccc1)NC(=O)OC(C)(C)C. The summed E-state index contributed by atoms with van der Waals surface area (Å²) in [5, 5.41) is 2.58. The quantitative estimate of drug-likeness (QED) is 0.659. The standard InChI is InChI=1S/C23H29NO6/c1-23(2,3)30-22(26)24-18(21(25)28-5)14-17-12-9-13-19(27-4)20(17)29-15-16-10-7-6-8-11-16/h6-13,18H,14-15H2,1-5H3,(H,24,26)/t18-/m0/s1. The van der Waals surface area contributed by atoms with E-state index in [1.54, 1.807) is 40.0 Å². The molecule has 0 saturated heterocycles. The zero-order valence-electron chi connectivity index (χ0n) is 18.1. The minimum Gasteiger partial charge on any atom is -0.493 e. The zero-order valence-corrected chi connectivity index (χ0v) is 18.1. The lowest BCUT2D eigenvalue weighted by Gasteiger charge is -2.23. The van der Waals surface area contributed by atoms with Crippen LogP contribution in [0.25, 0.3) is 0 Å². The normalized spacial score (nSPS) is 11.9. The molecule has 162 valence electrons. The summed E-state index contributed by atoms with van der Waals surface area (Å²) in [6.45, 7) is 5.57. The Hall–Kier alpha value is -3.22. The van der Waals surface area contributed by atoms with Crippen molar-refractivity contribution in [2.45, 2.75) is 45.4 Å². The zero-order chi connectivity index (χ0) is 22.1. The summed E-state index contributed by atoms with van der Waals surface area (Å²) in [7, 11) is 2.82. The number of benzene rings is 2. The molecule has 2 aromatic carbocycles. The third kappa shape index (κ3) is 6.99. The number of nitrogens with one attached hydrogen (secondary N) is 1. The molecule has 0 fully saturated rings. The topological polar surface area (TPSA) is 83.1 Å². The van der Waals surface area contributed by atoms with Crippen LogP contribution in [0.4, 0.5) is 4.79 Å². The summed E-state index contributed by atoms with van der Waals surface area (Å²) in [5.41, 5.74) is 0.993. The lowest BCUT2D eigenvalue weighted by molar-refractivity contribution is -0.143. The average Bonchev–Trinajstić information content (AvgIpc) is 2.70. The Morgan fingerprint density at radius 1 is 1.00 bits per heavy atom. The van der Waals surface area contributed by atoms with Crippen LogP contribution in [0, 0.1) is 0 Å². The smallest absolute Gasteiger partial charge is 0.408 e. The number of ether oxygens (including phenoxy) is 4. The fourth-order valence-corrected chi connectivity index (χ4v) is 2.78. The number of esters is 1. The van der Waals surface area contributed by atoms with Crippen LogP contribution in [0.5, 0.6) is 11.5 Å². The lowest BCUT2D eigenvalue weighted by Crippen LogP contribution is -2.45. The molecule has 0 saturated carbocycles. The van der Waals surface area contributed by atoms with Crippen molar-refractivity contribution in [3.63, 3.8) is 0 Å². The first-order valence-corrected chi connectivity index (χ1v) is 9.63. The fraction of sp³-hybridized carbons (Fsp3) is 0.391. The predicted molar refractivity (Wildman–Crippen MR) is 113 cm³/mol. The van der Waals surface area contributed by atoms with Crippen LogP contribution in [0.1, 0.15) is 31.9 Å². The molecule has 2 aromatic rings. The summed E-state index contributed by atoms with van der Waals surface area (Å²) in [4.78, 5) is 24.5. The summed E-state index contributed by atoms with van der Waals surface area (Å²) < 4.78 is 21.6. The number of hydrogen-bond donors (Lipinski definition) is 1. The van der Waals surface area contributed by atoms with E-state index in [9.17, 15) is 9.59 Å². The molecule has 30 heavy (non-hydrogen) atoms. The van der Waals surface area contributed by atoms with Crippen LogP contribution in [-0.2, 0) is 27.3 Å². The maximum absolute atomic E-state index is 12.3. The third-order valence-electron chi connectivity index (χ3n) is 4.11. The van der Waals surface area contributed by atoms with Gasteiger partial charge in [0.2, 0.25) is 0 Å². The van der Waals surface area contributed by atoms with Gasteiger partial charge in [0.05, 0.1) is 14.2 Å². The minimum atomic E-state index is -0.948. The van der Waals surface area contributed by atoms with Gasteiger partial charge in [0.25, 0.3) is 0 Å². The van der Waals surface area contributed by atoms with Gasteiger partial charge >= 0.3 is 12.1 Å². The number of carbonyl (C=O) groups excluding carboxylic acids is 2. The van der Waals surface area contributed by atoms with E-state index in [1.165, 1.54) is 7.11 Å². The molecule has 0 aromatic heterocycles. The molecule has 0 heterocycles. The van der Waals surface area contributed by atoms with Gasteiger partial charge in [0.1, 0.15) is 18.2 Å². The van der Waals surface area contributed by atoms with E-state index in [0.717, 1.165) is 5.56 Å². The second kappa shape index (κ2) is 10.5. The molecular weight excluding hydrogens is 386 g/mol. The van der Waals surface area contributed by atoms with Gasteiger partial charge in [-0.15, -0.1) is 0 Å². The van der Waals surface area contributed by atoms with Crippen molar-refractivity contribution in [3.05, 3.63) is 59.7 Å². The monoisotopic (exact) mass is 415 g/mol. The van der Waals surface area contributed by atoms with Gasteiger partial charge in [0, 0.05) is 12.0 Å². The van der Waals surface area contributed by atoms with Gasteiger partial charge in [-0.05, 0) is 32.4 Å².